The minimum absolute atomic E-state index is 0.00950. The number of hydrogen-bond donors (Lipinski definition) is 0. The number of anilines is 1. The lowest BCUT2D eigenvalue weighted by atomic mass is 10.1. The zero-order valence-electron chi connectivity index (χ0n) is 20.7. The van der Waals surface area contributed by atoms with Crippen LogP contribution in [0.1, 0.15) is 42.3 Å². The maximum atomic E-state index is 14.0. The van der Waals surface area contributed by atoms with Gasteiger partial charge in [-0.25, -0.2) is 8.42 Å². The van der Waals surface area contributed by atoms with Crippen molar-refractivity contribution in [2.75, 3.05) is 24.1 Å². The van der Waals surface area contributed by atoms with Gasteiger partial charge < -0.3 is 14.2 Å². The topological polar surface area (TPSA) is 82.1 Å². The number of aryl methyl sites for hydroxylation is 1. The van der Waals surface area contributed by atoms with Crippen molar-refractivity contribution < 1.29 is 27.4 Å². The van der Waals surface area contributed by atoms with E-state index in [0.29, 0.717) is 42.6 Å². The van der Waals surface area contributed by atoms with Crippen LogP contribution in [-0.4, -0.2) is 34.1 Å². The largest absolute Gasteiger partial charge is 0.490 e. The summed E-state index contributed by atoms with van der Waals surface area (Å²) in [5, 5.41) is 0. The summed E-state index contributed by atoms with van der Waals surface area (Å²) in [6, 6.07) is 16.1. The van der Waals surface area contributed by atoms with E-state index in [9.17, 15) is 13.2 Å². The van der Waals surface area contributed by atoms with E-state index in [-0.39, 0.29) is 16.1 Å². The highest BCUT2D eigenvalue weighted by molar-refractivity contribution is 7.93. The fraction of sp³-hybridized carbons (Fsp3) is 0.296. The maximum absolute atomic E-state index is 14.0. The van der Waals surface area contributed by atoms with Crippen LogP contribution < -0.4 is 18.5 Å². The average Bonchev–Trinajstić information content (AvgIpc) is 2.84. The van der Waals surface area contributed by atoms with Crippen LogP contribution in [0.15, 0.2) is 65.6 Å². The number of benzene rings is 3. The third-order valence-corrected chi connectivity index (χ3v) is 7.13. The van der Waals surface area contributed by atoms with E-state index in [2.05, 4.69) is 0 Å². The molecule has 1 amide bonds. The predicted molar refractivity (Wildman–Crippen MR) is 136 cm³/mol. The second-order valence-corrected chi connectivity index (χ2v) is 9.49. The Morgan fingerprint density at radius 1 is 0.800 bits per heavy atom. The first-order chi connectivity index (χ1) is 16.8. The average molecular weight is 498 g/mol. The van der Waals surface area contributed by atoms with Crippen LogP contribution in [0.2, 0.25) is 0 Å². The molecule has 0 saturated carbocycles. The van der Waals surface area contributed by atoms with Gasteiger partial charge in [0, 0.05) is 5.56 Å². The molecule has 0 fully saturated rings. The summed E-state index contributed by atoms with van der Waals surface area (Å²) >= 11 is 0. The molecule has 3 rings (SSSR count). The van der Waals surface area contributed by atoms with Gasteiger partial charge in [0.2, 0.25) is 5.75 Å². The quantitative estimate of drug-likeness (QED) is 0.366. The monoisotopic (exact) mass is 497 g/mol. The Bertz CT molecular complexity index is 1260. The number of hydrogen-bond acceptors (Lipinski definition) is 6. The van der Waals surface area contributed by atoms with Crippen LogP contribution in [0.3, 0.4) is 0 Å². The number of nitrogens with zero attached hydrogens (tertiary/aromatic N) is 1. The van der Waals surface area contributed by atoms with Crippen molar-refractivity contribution in [3.05, 3.63) is 77.4 Å². The first-order valence-corrected chi connectivity index (χ1v) is 13.0. The fourth-order valence-electron chi connectivity index (χ4n) is 3.63. The van der Waals surface area contributed by atoms with E-state index in [1.807, 2.05) is 33.8 Å². The minimum Gasteiger partial charge on any atom is -0.490 e. The molecular formula is C27H31NO6S. The van der Waals surface area contributed by atoms with Gasteiger partial charge in [0.25, 0.3) is 15.9 Å². The molecule has 0 unspecified atom stereocenters. The zero-order chi connectivity index (χ0) is 25.6. The summed E-state index contributed by atoms with van der Waals surface area (Å²) in [6.07, 6.45) is 0. The maximum Gasteiger partial charge on any atom is 0.272 e. The van der Waals surface area contributed by atoms with Crippen molar-refractivity contribution in [1.82, 2.24) is 0 Å². The Morgan fingerprint density at radius 2 is 1.37 bits per heavy atom. The highest BCUT2D eigenvalue weighted by atomic mass is 32.2. The highest BCUT2D eigenvalue weighted by Gasteiger charge is 2.34. The van der Waals surface area contributed by atoms with Gasteiger partial charge in [-0.2, -0.15) is 4.31 Å². The van der Waals surface area contributed by atoms with Gasteiger partial charge in [-0.15, -0.1) is 0 Å². The van der Waals surface area contributed by atoms with Crippen molar-refractivity contribution in [3.8, 4) is 17.2 Å². The van der Waals surface area contributed by atoms with Gasteiger partial charge >= 0.3 is 0 Å². The zero-order valence-corrected chi connectivity index (χ0v) is 21.5. The van der Waals surface area contributed by atoms with Gasteiger partial charge in [-0.05, 0) is 76.1 Å². The minimum atomic E-state index is -4.24. The molecule has 0 aliphatic carbocycles. The molecule has 186 valence electrons. The predicted octanol–water partition coefficient (Wildman–Crippen LogP) is 5.54. The molecule has 0 radical (unpaired) electrons. The highest BCUT2D eigenvalue weighted by Crippen LogP contribution is 2.40. The molecule has 0 atom stereocenters. The summed E-state index contributed by atoms with van der Waals surface area (Å²) < 4.78 is 45.7. The standard InChI is InChI=1S/C27H31NO6S/c1-6-32-24-17-21(18-25(33-7-2)26(24)34-8-3)27(29)28(23-16-12-13-19(4)20(23)5)35(30,31)22-14-10-9-11-15-22/h9-18H,6-8H2,1-5H3. The number of rotatable bonds is 10. The molecule has 35 heavy (non-hydrogen) atoms. The van der Waals surface area contributed by atoms with Crippen LogP contribution in [0.5, 0.6) is 17.2 Å². The summed E-state index contributed by atoms with van der Waals surface area (Å²) in [4.78, 5) is 14.0. The number of amides is 1. The van der Waals surface area contributed by atoms with Crippen LogP contribution in [0.25, 0.3) is 0 Å². The first-order valence-electron chi connectivity index (χ1n) is 11.5. The molecule has 0 saturated heterocycles. The van der Waals surface area contributed by atoms with Crippen molar-refractivity contribution >= 4 is 21.6 Å². The Morgan fingerprint density at radius 3 is 1.91 bits per heavy atom. The molecule has 8 heteroatoms. The lowest BCUT2D eigenvalue weighted by Crippen LogP contribution is -2.37. The molecule has 0 N–H and O–H groups in total. The molecule has 0 heterocycles. The van der Waals surface area contributed by atoms with E-state index >= 15 is 0 Å². The van der Waals surface area contributed by atoms with E-state index in [4.69, 9.17) is 14.2 Å². The third kappa shape index (κ3) is 5.43. The number of sulfonamides is 1. The van der Waals surface area contributed by atoms with E-state index in [0.717, 1.165) is 9.87 Å². The van der Waals surface area contributed by atoms with Gasteiger partial charge in [0.15, 0.2) is 11.5 Å². The van der Waals surface area contributed by atoms with E-state index < -0.39 is 15.9 Å². The Labute approximate surface area is 207 Å². The molecule has 0 aliphatic heterocycles. The molecule has 0 aromatic heterocycles. The summed E-state index contributed by atoms with van der Waals surface area (Å²) in [7, 11) is -4.24. The summed E-state index contributed by atoms with van der Waals surface area (Å²) in [5.74, 6) is 0.257. The van der Waals surface area contributed by atoms with Crippen molar-refractivity contribution in [2.45, 2.75) is 39.5 Å². The van der Waals surface area contributed by atoms with Gasteiger partial charge in [-0.1, -0.05) is 30.3 Å². The van der Waals surface area contributed by atoms with Crippen molar-refractivity contribution in [2.24, 2.45) is 0 Å². The second-order valence-electron chi connectivity index (χ2n) is 7.71. The van der Waals surface area contributed by atoms with Crippen LogP contribution >= 0.6 is 0 Å². The fourth-order valence-corrected chi connectivity index (χ4v) is 5.12. The molecule has 0 spiro atoms. The second kappa shape index (κ2) is 11.3. The van der Waals surface area contributed by atoms with Gasteiger partial charge in [-0.3, -0.25) is 4.79 Å². The van der Waals surface area contributed by atoms with E-state index in [1.54, 1.807) is 37.3 Å². The molecule has 0 aliphatic rings. The third-order valence-electron chi connectivity index (χ3n) is 5.42. The smallest absolute Gasteiger partial charge is 0.272 e. The van der Waals surface area contributed by atoms with Crippen LogP contribution in [0, 0.1) is 13.8 Å². The molecule has 7 nitrogen and oxygen atoms in total. The molecule has 3 aromatic carbocycles. The number of carbonyl (C=O) groups is 1. The van der Waals surface area contributed by atoms with Gasteiger partial charge in [0.1, 0.15) is 0 Å². The van der Waals surface area contributed by atoms with Crippen LogP contribution in [0.4, 0.5) is 5.69 Å². The lowest BCUT2D eigenvalue weighted by molar-refractivity contribution is 0.100. The Kier molecular flexibility index (Phi) is 8.40. The summed E-state index contributed by atoms with van der Waals surface area (Å²) in [5.41, 5.74) is 1.92. The normalized spacial score (nSPS) is 11.1. The Hall–Kier alpha value is -3.52. The van der Waals surface area contributed by atoms with Crippen LogP contribution in [-0.2, 0) is 10.0 Å². The first kappa shape index (κ1) is 26.1. The van der Waals surface area contributed by atoms with Gasteiger partial charge in [0.05, 0.1) is 30.4 Å². The summed E-state index contributed by atoms with van der Waals surface area (Å²) in [6.45, 7) is 10.1. The Balaban J connectivity index is 2.27. The number of carbonyl (C=O) groups excluding carboxylic acids is 1. The molecule has 3 aromatic rings. The number of ether oxygens (including phenoxy) is 3. The van der Waals surface area contributed by atoms with Crippen molar-refractivity contribution in [1.29, 1.82) is 0 Å². The van der Waals surface area contributed by atoms with E-state index in [1.165, 1.54) is 24.3 Å². The molecule has 0 bridgehead atoms. The molecular weight excluding hydrogens is 466 g/mol. The SMILES string of the molecule is CCOc1cc(C(=O)N(c2cccc(C)c2C)S(=O)(=O)c2ccccc2)cc(OCC)c1OCC. The lowest BCUT2D eigenvalue weighted by Gasteiger charge is -2.26. The van der Waals surface area contributed by atoms with Crippen molar-refractivity contribution in [3.63, 3.8) is 0 Å².